The highest BCUT2D eigenvalue weighted by Crippen LogP contribution is 2.41. The van der Waals surface area contributed by atoms with Crippen LogP contribution in [0.15, 0.2) is 42.5 Å². The Morgan fingerprint density at radius 3 is 2.00 bits per heavy atom. The van der Waals surface area contributed by atoms with E-state index in [1.807, 2.05) is 0 Å². The summed E-state index contributed by atoms with van der Waals surface area (Å²) in [5.41, 5.74) is 10.1. The number of fused-ring (bicyclic) bond motifs is 3. The molecule has 0 radical (unpaired) electrons. The zero-order chi connectivity index (χ0) is 20.0. The van der Waals surface area contributed by atoms with Crippen LogP contribution < -0.4 is 5.73 Å². The molecule has 3 aromatic rings. The molecule has 0 saturated heterocycles. The molecule has 2 nitrogen and oxygen atoms in total. The van der Waals surface area contributed by atoms with Crippen LogP contribution in [0.2, 0.25) is 0 Å². The largest absolute Gasteiger partial charge is 0.397 e. The van der Waals surface area contributed by atoms with Crippen LogP contribution in [0.5, 0.6) is 0 Å². The molecule has 0 unspecified atom stereocenters. The number of nitrogen functional groups attached to an aromatic ring is 1. The summed E-state index contributed by atoms with van der Waals surface area (Å²) in [6.07, 6.45) is 12.9. The number of nitrogens with zero attached hydrogens (tertiary/aromatic N) is 1. The Bertz CT molecular complexity index is 878. The average Bonchev–Trinajstić information content (AvgIpc) is 3.05. The van der Waals surface area contributed by atoms with Gasteiger partial charge in [-0.25, -0.2) is 0 Å². The van der Waals surface area contributed by atoms with E-state index in [9.17, 15) is 0 Å². The van der Waals surface area contributed by atoms with Gasteiger partial charge in [0, 0.05) is 21.8 Å². The Morgan fingerprint density at radius 2 is 1.36 bits per heavy atom. The second-order valence-corrected chi connectivity index (χ2v) is 8.71. The number of para-hydroxylation sites is 2. The summed E-state index contributed by atoms with van der Waals surface area (Å²) in [4.78, 5) is 0. The first kappa shape index (κ1) is 20.8. The fourth-order valence-electron chi connectivity index (χ4n) is 4.82. The first-order valence-electron chi connectivity index (χ1n) is 11.4. The normalized spacial score (nSPS) is 12.2. The first-order valence-corrected chi connectivity index (χ1v) is 11.4. The maximum absolute atomic E-state index is 6.55. The highest BCUT2D eigenvalue weighted by atomic mass is 15.1. The van der Waals surface area contributed by atoms with Gasteiger partial charge >= 0.3 is 0 Å². The molecule has 2 aromatic carbocycles. The third-order valence-corrected chi connectivity index (χ3v) is 6.40. The summed E-state index contributed by atoms with van der Waals surface area (Å²) in [5.74, 6) is 0. The lowest BCUT2D eigenvalue weighted by Crippen LogP contribution is -2.30. The third-order valence-electron chi connectivity index (χ3n) is 6.40. The van der Waals surface area contributed by atoms with Crippen molar-refractivity contribution >= 4 is 27.5 Å². The van der Waals surface area contributed by atoms with E-state index >= 15 is 0 Å². The van der Waals surface area contributed by atoms with Gasteiger partial charge in [0.1, 0.15) is 0 Å². The van der Waals surface area contributed by atoms with Crippen LogP contribution >= 0.6 is 0 Å². The molecule has 0 saturated carbocycles. The van der Waals surface area contributed by atoms with E-state index in [0.29, 0.717) is 0 Å². The molecule has 0 spiro atoms. The Balaban J connectivity index is 2.07. The summed E-state index contributed by atoms with van der Waals surface area (Å²) < 4.78 is 2.60. The van der Waals surface area contributed by atoms with Crippen molar-refractivity contribution in [2.75, 3.05) is 5.73 Å². The molecule has 0 aliphatic heterocycles. The van der Waals surface area contributed by atoms with Gasteiger partial charge < -0.3 is 10.3 Å². The zero-order valence-electron chi connectivity index (χ0n) is 18.1. The van der Waals surface area contributed by atoms with Gasteiger partial charge in [-0.2, -0.15) is 0 Å². The van der Waals surface area contributed by atoms with Gasteiger partial charge in [-0.15, -0.1) is 0 Å². The molecule has 2 N–H and O–H groups in total. The van der Waals surface area contributed by atoms with Crippen LogP contribution in [-0.2, 0) is 5.54 Å². The van der Waals surface area contributed by atoms with E-state index in [-0.39, 0.29) is 5.54 Å². The zero-order valence-corrected chi connectivity index (χ0v) is 18.1. The van der Waals surface area contributed by atoms with Crippen molar-refractivity contribution in [3.8, 4) is 0 Å². The van der Waals surface area contributed by atoms with Gasteiger partial charge in [-0.05, 0) is 31.9 Å². The van der Waals surface area contributed by atoms with E-state index < -0.39 is 0 Å². The van der Waals surface area contributed by atoms with Crippen molar-refractivity contribution in [3.05, 3.63) is 42.5 Å². The molecule has 0 fully saturated rings. The molecule has 0 bridgehead atoms. The third kappa shape index (κ3) is 4.21. The summed E-state index contributed by atoms with van der Waals surface area (Å²) in [6.45, 7) is 7.05. The molecular formula is C26H38N2. The summed E-state index contributed by atoms with van der Waals surface area (Å²) in [7, 11) is 0. The molecule has 2 heteroatoms. The van der Waals surface area contributed by atoms with Crippen molar-refractivity contribution in [1.29, 1.82) is 0 Å². The summed E-state index contributed by atoms with van der Waals surface area (Å²) >= 11 is 0. The first-order chi connectivity index (χ1) is 13.6. The van der Waals surface area contributed by atoms with Gasteiger partial charge in [0.25, 0.3) is 0 Å². The Kier molecular flexibility index (Phi) is 7.04. The van der Waals surface area contributed by atoms with Crippen LogP contribution in [0.3, 0.4) is 0 Å². The number of hydrogen-bond acceptors (Lipinski definition) is 1. The van der Waals surface area contributed by atoms with Crippen LogP contribution in [0, 0.1) is 0 Å². The van der Waals surface area contributed by atoms with Crippen LogP contribution in [0.25, 0.3) is 21.8 Å². The molecule has 28 heavy (non-hydrogen) atoms. The highest BCUT2D eigenvalue weighted by molar-refractivity contribution is 6.11. The number of benzene rings is 2. The van der Waals surface area contributed by atoms with Crippen LogP contribution in [0.4, 0.5) is 5.69 Å². The van der Waals surface area contributed by atoms with Crippen molar-refractivity contribution in [2.45, 2.75) is 90.5 Å². The minimum Gasteiger partial charge on any atom is -0.397 e. The smallest absolute Gasteiger partial charge is 0.0730 e. The second-order valence-electron chi connectivity index (χ2n) is 8.71. The Labute approximate surface area is 171 Å². The SMILES string of the molecule is CCCCCCC(C)(CCCCCC)n1c2ccccc2c2cccc(N)c21. The number of anilines is 1. The summed E-state index contributed by atoms with van der Waals surface area (Å²) in [6, 6.07) is 15.2. The van der Waals surface area contributed by atoms with Gasteiger partial charge in [0.15, 0.2) is 0 Å². The van der Waals surface area contributed by atoms with E-state index in [0.717, 1.165) is 5.69 Å². The standard InChI is InChI=1S/C26H38N2/c1-4-6-8-12-19-26(3,20-13-9-7-5-2)28-24-18-11-10-15-21(24)22-16-14-17-23(27)25(22)28/h10-11,14-18H,4-9,12-13,19-20,27H2,1-3H3. The van der Waals surface area contributed by atoms with E-state index in [2.05, 4.69) is 67.8 Å². The molecule has 0 aliphatic rings. The van der Waals surface area contributed by atoms with Gasteiger partial charge in [0.2, 0.25) is 0 Å². The lowest BCUT2D eigenvalue weighted by molar-refractivity contribution is 0.266. The molecule has 0 atom stereocenters. The van der Waals surface area contributed by atoms with Crippen LogP contribution in [-0.4, -0.2) is 4.57 Å². The molecule has 1 heterocycles. The van der Waals surface area contributed by atoms with Crippen molar-refractivity contribution in [3.63, 3.8) is 0 Å². The molecule has 152 valence electrons. The lowest BCUT2D eigenvalue weighted by atomic mass is 9.87. The lowest BCUT2D eigenvalue weighted by Gasteiger charge is -2.34. The molecule has 3 rings (SSSR count). The quantitative estimate of drug-likeness (QED) is 0.266. The van der Waals surface area contributed by atoms with E-state index in [4.69, 9.17) is 5.73 Å². The van der Waals surface area contributed by atoms with Crippen molar-refractivity contribution in [2.24, 2.45) is 0 Å². The summed E-state index contributed by atoms with van der Waals surface area (Å²) in [5, 5.41) is 2.63. The molecule has 0 aliphatic carbocycles. The minimum atomic E-state index is 0.109. The second kappa shape index (κ2) is 9.49. The predicted molar refractivity (Wildman–Crippen MR) is 125 cm³/mol. The maximum Gasteiger partial charge on any atom is 0.0730 e. The average molecular weight is 379 g/mol. The number of nitrogens with two attached hydrogens (primary N) is 1. The fourth-order valence-corrected chi connectivity index (χ4v) is 4.82. The monoisotopic (exact) mass is 378 g/mol. The van der Waals surface area contributed by atoms with Crippen molar-refractivity contribution in [1.82, 2.24) is 4.57 Å². The topological polar surface area (TPSA) is 30.9 Å². The Morgan fingerprint density at radius 1 is 0.750 bits per heavy atom. The van der Waals surface area contributed by atoms with Gasteiger partial charge in [0.05, 0.1) is 11.2 Å². The Hall–Kier alpha value is -1.96. The molecule has 1 aromatic heterocycles. The van der Waals surface area contributed by atoms with E-state index in [1.54, 1.807) is 0 Å². The fraction of sp³-hybridized carbons (Fsp3) is 0.538. The van der Waals surface area contributed by atoms with Crippen molar-refractivity contribution < 1.29 is 0 Å². The number of unbranched alkanes of at least 4 members (excludes halogenated alkanes) is 6. The number of hydrogen-bond donors (Lipinski definition) is 1. The van der Waals surface area contributed by atoms with E-state index in [1.165, 1.54) is 86.0 Å². The minimum absolute atomic E-state index is 0.109. The van der Waals surface area contributed by atoms with Gasteiger partial charge in [-0.1, -0.05) is 95.5 Å². The number of rotatable bonds is 11. The van der Waals surface area contributed by atoms with Gasteiger partial charge in [-0.3, -0.25) is 0 Å². The maximum atomic E-state index is 6.55. The molecular weight excluding hydrogens is 340 g/mol. The van der Waals surface area contributed by atoms with Crippen LogP contribution in [0.1, 0.15) is 85.0 Å². The highest BCUT2D eigenvalue weighted by Gasteiger charge is 2.29. The molecule has 0 amide bonds. The number of aromatic nitrogens is 1. The predicted octanol–water partition coefficient (Wildman–Crippen LogP) is 8.03.